The average Bonchev–Trinajstić information content (AvgIpc) is 2.36. The minimum atomic E-state index is -3.76. The molecule has 1 aromatic rings. The highest BCUT2D eigenvalue weighted by Crippen LogP contribution is 2.29. The van der Waals surface area contributed by atoms with Crippen LogP contribution in [-0.2, 0) is 15.9 Å². The third kappa shape index (κ3) is 3.15. The first-order chi connectivity index (χ1) is 9.48. The van der Waals surface area contributed by atoms with Gasteiger partial charge in [-0.05, 0) is 36.5 Å². The highest BCUT2D eigenvalue weighted by atomic mass is 35.5. The van der Waals surface area contributed by atoms with Crippen LogP contribution in [0.15, 0.2) is 23.1 Å². The number of halogens is 2. The first-order valence-corrected chi connectivity index (χ1v) is 8.81. The van der Waals surface area contributed by atoms with Crippen molar-refractivity contribution in [1.82, 2.24) is 4.31 Å². The van der Waals surface area contributed by atoms with Gasteiger partial charge < -0.3 is 0 Å². The summed E-state index contributed by atoms with van der Waals surface area (Å²) in [5.74, 6) is -0.151. The Morgan fingerprint density at radius 1 is 1.40 bits per heavy atom. The van der Waals surface area contributed by atoms with Crippen LogP contribution in [0.4, 0.5) is 4.39 Å². The maximum absolute atomic E-state index is 14.0. The Balaban J connectivity index is 2.27. The Morgan fingerprint density at radius 2 is 2.10 bits per heavy atom. The van der Waals surface area contributed by atoms with Gasteiger partial charge in [0.05, 0.1) is 0 Å². The molecule has 20 heavy (non-hydrogen) atoms. The molecule has 0 aliphatic heterocycles. The van der Waals surface area contributed by atoms with Crippen LogP contribution in [0.3, 0.4) is 0 Å². The van der Waals surface area contributed by atoms with E-state index in [0.717, 1.165) is 19.3 Å². The number of rotatable bonds is 6. The molecule has 0 spiro atoms. The van der Waals surface area contributed by atoms with Gasteiger partial charge in [0.15, 0.2) is 0 Å². The van der Waals surface area contributed by atoms with Crippen molar-refractivity contribution in [2.75, 3.05) is 13.1 Å². The molecule has 0 aromatic heterocycles. The SMILES string of the molecule is CCN(CC1CCC1)S(=O)(=O)c1ccc(CCl)cc1F. The van der Waals surface area contributed by atoms with Crippen molar-refractivity contribution in [3.63, 3.8) is 0 Å². The first-order valence-electron chi connectivity index (χ1n) is 6.83. The molecule has 1 aliphatic carbocycles. The smallest absolute Gasteiger partial charge is 0.207 e. The molecule has 2 rings (SSSR count). The minimum Gasteiger partial charge on any atom is -0.207 e. The van der Waals surface area contributed by atoms with Crippen LogP contribution in [0.5, 0.6) is 0 Å². The third-order valence-corrected chi connectivity index (χ3v) is 6.09. The molecule has 1 saturated carbocycles. The molecular weight excluding hydrogens is 301 g/mol. The Morgan fingerprint density at radius 3 is 2.55 bits per heavy atom. The summed E-state index contributed by atoms with van der Waals surface area (Å²) in [4.78, 5) is -0.257. The summed E-state index contributed by atoms with van der Waals surface area (Å²) in [5.41, 5.74) is 0.574. The van der Waals surface area contributed by atoms with Gasteiger partial charge in [-0.15, -0.1) is 11.6 Å². The van der Waals surface area contributed by atoms with Crippen LogP contribution in [-0.4, -0.2) is 25.8 Å². The molecule has 0 unspecified atom stereocenters. The van der Waals surface area contributed by atoms with Crippen molar-refractivity contribution in [3.05, 3.63) is 29.6 Å². The predicted octanol–water partition coefficient (Wildman–Crippen LogP) is 3.38. The number of alkyl halides is 1. The zero-order chi connectivity index (χ0) is 14.8. The second-order valence-electron chi connectivity index (χ2n) is 5.15. The minimum absolute atomic E-state index is 0.164. The number of benzene rings is 1. The van der Waals surface area contributed by atoms with Crippen molar-refractivity contribution >= 4 is 21.6 Å². The highest BCUT2D eigenvalue weighted by molar-refractivity contribution is 7.89. The number of hydrogen-bond donors (Lipinski definition) is 0. The van der Waals surface area contributed by atoms with E-state index in [1.54, 1.807) is 13.0 Å². The quantitative estimate of drug-likeness (QED) is 0.754. The van der Waals surface area contributed by atoms with E-state index in [-0.39, 0.29) is 10.8 Å². The van der Waals surface area contributed by atoms with E-state index >= 15 is 0 Å². The van der Waals surface area contributed by atoms with Gasteiger partial charge >= 0.3 is 0 Å². The van der Waals surface area contributed by atoms with E-state index in [0.29, 0.717) is 24.6 Å². The summed E-state index contributed by atoms with van der Waals surface area (Å²) in [5, 5.41) is 0. The molecule has 0 heterocycles. The van der Waals surface area contributed by atoms with E-state index in [4.69, 9.17) is 11.6 Å². The topological polar surface area (TPSA) is 37.4 Å². The predicted molar refractivity (Wildman–Crippen MR) is 77.7 cm³/mol. The highest BCUT2D eigenvalue weighted by Gasteiger charge is 2.30. The largest absolute Gasteiger partial charge is 0.245 e. The molecule has 0 atom stereocenters. The van der Waals surface area contributed by atoms with Gasteiger partial charge in [0.2, 0.25) is 10.0 Å². The average molecular weight is 320 g/mol. The van der Waals surface area contributed by atoms with E-state index < -0.39 is 15.8 Å². The Bertz CT molecular complexity index is 573. The fourth-order valence-electron chi connectivity index (χ4n) is 2.34. The van der Waals surface area contributed by atoms with Crippen molar-refractivity contribution in [2.45, 2.75) is 37.0 Å². The van der Waals surface area contributed by atoms with Crippen LogP contribution in [0, 0.1) is 11.7 Å². The molecule has 3 nitrogen and oxygen atoms in total. The standard InChI is InChI=1S/C14H19ClFNO2S/c1-2-17(10-11-4-3-5-11)20(18,19)14-7-6-12(9-15)8-13(14)16/h6-8,11H,2-5,9-10H2,1H3. The molecule has 1 fully saturated rings. The summed E-state index contributed by atoms with van der Waals surface area (Å²) in [6.07, 6.45) is 3.26. The fourth-order valence-corrected chi connectivity index (χ4v) is 4.07. The van der Waals surface area contributed by atoms with Crippen LogP contribution in [0.25, 0.3) is 0 Å². The van der Waals surface area contributed by atoms with Crippen molar-refractivity contribution < 1.29 is 12.8 Å². The van der Waals surface area contributed by atoms with Gasteiger partial charge in [-0.1, -0.05) is 19.4 Å². The number of hydrogen-bond acceptors (Lipinski definition) is 2. The van der Waals surface area contributed by atoms with E-state index in [1.165, 1.54) is 16.4 Å². The normalized spacial score (nSPS) is 16.4. The maximum atomic E-state index is 14.0. The van der Waals surface area contributed by atoms with Gasteiger partial charge in [-0.25, -0.2) is 12.8 Å². The molecule has 0 saturated heterocycles. The van der Waals surface area contributed by atoms with Crippen molar-refractivity contribution in [1.29, 1.82) is 0 Å². The molecule has 1 aromatic carbocycles. The van der Waals surface area contributed by atoms with Gasteiger partial charge in [0.25, 0.3) is 0 Å². The number of sulfonamides is 1. The second-order valence-corrected chi connectivity index (χ2v) is 7.32. The Kier molecular flexibility index (Phi) is 5.04. The zero-order valence-electron chi connectivity index (χ0n) is 11.5. The lowest BCUT2D eigenvalue weighted by Gasteiger charge is -2.31. The van der Waals surface area contributed by atoms with Crippen molar-refractivity contribution in [2.24, 2.45) is 5.92 Å². The van der Waals surface area contributed by atoms with E-state index in [1.807, 2.05) is 0 Å². The summed E-state index contributed by atoms with van der Waals surface area (Å²) in [7, 11) is -3.76. The van der Waals surface area contributed by atoms with Crippen LogP contribution >= 0.6 is 11.6 Å². The summed E-state index contributed by atoms with van der Waals surface area (Å²) in [6, 6.07) is 4.06. The van der Waals surface area contributed by atoms with Gasteiger partial charge in [0, 0.05) is 19.0 Å². The number of nitrogens with zero attached hydrogens (tertiary/aromatic N) is 1. The molecule has 0 bridgehead atoms. The maximum Gasteiger partial charge on any atom is 0.245 e. The lowest BCUT2D eigenvalue weighted by atomic mass is 9.85. The molecular formula is C14H19ClFNO2S. The molecule has 0 N–H and O–H groups in total. The monoisotopic (exact) mass is 319 g/mol. The van der Waals surface area contributed by atoms with Crippen LogP contribution in [0.2, 0.25) is 0 Å². The lowest BCUT2D eigenvalue weighted by Crippen LogP contribution is -2.37. The lowest BCUT2D eigenvalue weighted by molar-refractivity contribution is 0.249. The van der Waals surface area contributed by atoms with Crippen LogP contribution in [0.1, 0.15) is 31.7 Å². The zero-order valence-corrected chi connectivity index (χ0v) is 13.1. The van der Waals surface area contributed by atoms with E-state index in [2.05, 4.69) is 0 Å². The summed E-state index contributed by atoms with van der Waals surface area (Å²) < 4.78 is 40.4. The molecule has 112 valence electrons. The fraction of sp³-hybridized carbons (Fsp3) is 0.571. The molecule has 6 heteroatoms. The molecule has 1 aliphatic rings. The van der Waals surface area contributed by atoms with Gasteiger partial charge in [0.1, 0.15) is 10.7 Å². The Labute approximate surface area is 124 Å². The summed E-state index contributed by atoms with van der Waals surface area (Å²) in [6.45, 7) is 2.62. The summed E-state index contributed by atoms with van der Waals surface area (Å²) >= 11 is 5.62. The van der Waals surface area contributed by atoms with Gasteiger partial charge in [-0.3, -0.25) is 0 Å². The second kappa shape index (κ2) is 6.41. The van der Waals surface area contributed by atoms with Gasteiger partial charge in [-0.2, -0.15) is 4.31 Å². The molecule has 0 radical (unpaired) electrons. The third-order valence-electron chi connectivity index (χ3n) is 3.81. The van der Waals surface area contributed by atoms with Crippen molar-refractivity contribution in [3.8, 4) is 0 Å². The Hall–Kier alpha value is -0.650. The first kappa shape index (κ1) is 15.7. The molecule has 0 amide bonds. The van der Waals surface area contributed by atoms with Crippen LogP contribution < -0.4 is 0 Å². The van der Waals surface area contributed by atoms with E-state index in [9.17, 15) is 12.8 Å².